The third-order valence-corrected chi connectivity index (χ3v) is 7.41. The molecule has 2 amide bonds. The molecular formula is C28H33N3O3. The SMILES string of the molecule is CCCCN1C(=O)/C(=C/c2ccc(OC)cc2)[C@]23c4ccccc4N[C@H]2N(C(C)(C)C)C(=O)[C@H]13. The molecule has 0 saturated carbocycles. The number of nitrogens with one attached hydrogen (secondary N) is 1. The minimum absolute atomic E-state index is 0.0158. The summed E-state index contributed by atoms with van der Waals surface area (Å²) in [7, 11) is 1.64. The lowest BCUT2D eigenvalue weighted by Crippen LogP contribution is -2.53. The van der Waals surface area contributed by atoms with E-state index in [1.807, 2.05) is 52.3 Å². The van der Waals surface area contributed by atoms with E-state index in [9.17, 15) is 9.59 Å². The molecule has 3 heterocycles. The summed E-state index contributed by atoms with van der Waals surface area (Å²) in [6, 6.07) is 15.3. The third-order valence-electron chi connectivity index (χ3n) is 7.41. The van der Waals surface area contributed by atoms with E-state index in [1.165, 1.54) is 0 Å². The van der Waals surface area contributed by atoms with Gasteiger partial charge in [0.25, 0.3) is 5.91 Å². The molecule has 34 heavy (non-hydrogen) atoms. The number of fused-ring (bicyclic) bond motifs is 1. The second-order valence-electron chi connectivity index (χ2n) is 10.4. The summed E-state index contributed by atoms with van der Waals surface area (Å²) in [4.78, 5) is 31.9. The van der Waals surface area contributed by atoms with Crippen LogP contribution in [0.15, 0.2) is 54.1 Å². The Bertz CT molecular complexity index is 1160. The van der Waals surface area contributed by atoms with Crippen LogP contribution in [0.1, 0.15) is 51.7 Å². The van der Waals surface area contributed by atoms with Crippen LogP contribution in [0.4, 0.5) is 5.69 Å². The lowest BCUT2D eigenvalue weighted by Gasteiger charge is -2.39. The number of methoxy groups -OCH3 is 1. The normalized spacial score (nSPS) is 26.6. The number of rotatable bonds is 5. The number of para-hydroxylation sites is 1. The van der Waals surface area contributed by atoms with Gasteiger partial charge in [0.05, 0.1) is 12.5 Å². The van der Waals surface area contributed by atoms with Crippen molar-refractivity contribution in [3.05, 3.63) is 65.2 Å². The van der Waals surface area contributed by atoms with Gasteiger partial charge in [0.2, 0.25) is 5.91 Å². The molecular weight excluding hydrogens is 426 g/mol. The van der Waals surface area contributed by atoms with Crippen LogP contribution < -0.4 is 10.1 Å². The number of benzene rings is 2. The number of carbonyl (C=O) groups excluding carboxylic acids is 2. The van der Waals surface area contributed by atoms with Crippen LogP contribution in [-0.2, 0) is 15.0 Å². The average molecular weight is 460 g/mol. The maximum absolute atomic E-state index is 14.1. The van der Waals surface area contributed by atoms with Crippen LogP contribution in [0.2, 0.25) is 0 Å². The molecule has 6 heteroatoms. The van der Waals surface area contributed by atoms with Crippen molar-refractivity contribution in [3.63, 3.8) is 0 Å². The Kier molecular flexibility index (Phi) is 5.23. The Balaban J connectivity index is 1.77. The Labute approximate surface area is 201 Å². The van der Waals surface area contributed by atoms with Crippen LogP contribution in [0.3, 0.4) is 0 Å². The van der Waals surface area contributed by atoms with Crippen LogP contribution in [0.5, 0.6) is 5.75 Å². The van der Waals surface area contributed by atoms with E-state index in [0.29, 0.717) is 12.1 Å². The summed E-state index contributed by atoms with van der Waals surface area (Å²) in [5, 5.41) is 3.64. The smallest absolute Gasteiger partial charge is 0.251 e. The monoisotopic (exact) mass is 459 g/mol. The first-order chi connectivity index (χ1) is 16.2. The molecule has 5 rings (SSSR count). The van der Waals surface area contributed by atoms with Crippen LogP contribution >= 0.6 is 0 Å². The highest BCUT2D eigenvalue weighted by Gasteiger charge is 2.73. The summed E-state index contributed by atoms with van der Waals surface area (Å²) in [6.45, 7) is 8.87. The van der Waals surface area contributed by atoms with Crippen molar-refractivity contribution >= 4 is 23.6 Å². The standard InChI is InChI=1S/C28H33N3O3/c1-6-7-16-30-23-25(33)31(27(2,3)4)26-28(23,20-10-8-9-11-22(20)29-26)21(24(30)32)17-18-12-14-19(34-5)15-13-18/h8-15,17,23,26,29H,6-7,16H2,1-5H3/b21-17-/t23-,26-,28-/m0/s1. The Morgan fingerprint density at radius 2 is 1.79 bits per heavy atom. The Hall–Kier alpha value is -3.28. The van der Waals surface area contributed by atoms with Gasteiger partial charge >= 0.3 is 0 Å². The number of anilines is 1. The summed E-state index contributed by atoms with van der Waals surface area (Å²) in [5.74, 6) is 0.739. The van der Waals surface area contributed by atoms with E-state index in [4.69, 9.17) is 4.74 Å². The first kappa shape index (κ1) is 22.5. The van der Waals surface area contributed by atoms with E-state index < -0.39 is 17.0 Å². The molecule has 2 fully saturated rings. The van der Waals surface area contributed by atoms with Crippen LogP contribution in [-0.4, -0.2) is 53.0 Å². The molecule has 178 valence electrons. The highest BCUT2D eigenvalue weighted by Crippen LogP contribution is 2.60. The zero-order valence-corrected chi connectivity index (χ0v) is 20.6. The van der Waals surface area contributed by atoms with Gasteiger partial charge in [-0.3, -0.25) is 9.59 Å². The molecule has 2 aromatic rings. The fraction of sp³-hybridized carbons (Fsp3) is 0.429. The van der Waals surface area contributed by atoms with Crippen molar-refractivity contribution in [1.82, 2.24) is 9.80 Å². The van der Waals surface area contributed by atoms with Crippen LogP contribution in [0, 0.1) is 0 Å². The molecule has 3 atom stereocenters. The van der Waals surface area contributed by atoms with Gasteiger partial charge in [-0.15, -0.1) is 0 Å². The number of nitrogens with zero attached hydrogens (tertiary/aromatic N) is 2. The quantitative estimate of drug-likeness (QED) is 0.673. The number of carbonyl (C=O) groups is 2. The third kappa shape index (κ3) is 3.00. The number of likely N-dealkylation sites (tertiary alicyclic amines) is 2. The topological polar surface area (TPSA) is 61.9 Å². The van der Waals surface area contributed by atoms with E-state index in [1.54, 1.807) is 7.11 Å². The number of ether oxygens (including phenoxy) is 1. The lowest BCUT2D eigenvalue weighted by molar-refractivity contribution is -0.141. The molecule has 3 aliphatic rings. The van der Waals surface area contributed by atoms with Crippen molar-refractivity contribution in [2.24, 2.45) is 0 Å². The minimum Gasteiger partial charge on any atom is -0.497 e. The number of unbranched alkanes of at least 4 members (excludes halogenated alkanes) is 1. The van der Waals surface area contributed by atoms with Crippen molar-refractivity contribution in [3.8, 4) is 5.75 Å². The van der Waals surface area contributed by atoms with Gasteiger partial charge in [-0.2, -0.15) is 0 Å². The predicted octanol–water partition coefficient (Wildman–Crippen LogP) is 4.42. The summed E-state index contributed by atoms with van der Waals surface area (Å²) in [5.41, 5.74) is 2.44. The second-order valence-corrected chi connectivity index (χ2v) is 10.4. The van der Waals surface area contributed by atoms with Gasteiger partial charge in [0.15, 0.2) is 0 Å². The van der Waals surface area contributed by atoms with Gasteiger partial charge in [0, 0.05) is 23.3 Å². The molecule has 6 nitrogen and oxygen atoms in total. The van der Waals surface area contributed by atoms with E-state index in [-0.39, 0.29) is 18.0 Å². The van der Waals surface area contributed by atoms with Crippen molar-refractivity contribution in [1.29, 1.82) is 0 Å². The van der Waals surface area contributed by atoms with Gasteiger partial charge in [0.1, 0.15) is 18.0 Å². The van der Waals surface area contributed by atoms with Crippen molar-refractivity contribution in [2.75, 3.05) is 19.0 Å². The summed E-state index contributed by atoms with van der Waals surface area (Å²) >= 11 is 0. The molecule has 0 aliphatic carbocycles. The summed E-state index contributed by atoms with van der Waals surface area (Å²) < 4.78 is 5.31. The van der Waals surface area contributed by atoms with Crippen LogP contribution in [0.25, 0.3) is 6.08 Å². The van der Waals surface area contributed by atoms with E-state index >= 15 is 0 Å². The predicted molar refractivity (Wildman–Crippen MR) is 134 cm³/mol. The number of hydrogen-bond donors (Lipinski definition) is 1. The van der Waals surface area contributed by atoms with Gasteiger partial charge in [-0.05, 0) is 62.6 Å². The lowest BCUT2D eigenvalue weighted by atomic mass is 9.71. The zero-order valence-electron chi connectivity index (χ0n) is 20.6. The number of amides is 2. The molecule has 1 spiro atoms. The van der Waals surface area contributed by atoms with Gasteiger partial charge in [-0.25, -0.2) is 0 Å². The largest absolute Gasteiger partial charge is 0.497 e. The molecule has 0 radical (unpaired) electrons. The van der Waals surface area contributed by atoms with Gasteiger partial charge in [-0.1, -0.05) is 43.7 Å². The molecule has 0 aromatic heterocycles. The zero-order chi connectivity index (χ0) is 24.3. The van der Waals surface area contributed by atoms with Crippen molar-refractivity contribution in [2.45, 2.75) is 63.7 Å². The summed E-state index contributed by atoms with van der Waals surface area (Å²) in [6.07, 6.45) is 3.46. The maximum atomic E-state index is 14.1. The maximum Gasteiger partial charge on any atom is 0.251 e. The van der Waals surface area contributed by atoms with E-state index in [2.05, 4.69) is 45.1 Å². The average Bonchev–Trinajstić information content (AvgIpc) is 3.35. The second kappa shape index (κ2) is 7.90. The molecule has 0 bridgehead atoms. The molecule has 2 aromatic carbocycles. The molecule has 1 N–H and O–H groups in total. The van der Waals surface area contributed by atoms with Crippen molar-refractivity contribution < 1.29 is 14.3 Å². The van der Waals surface area contributed by atoms with Gasteiger partial charge < -0.3 is 19.9 Å². The highest BCUT2D eigenvalue weighted by atomic mass is 16.5. The fourth-order valence-corrected chi connectivity index (χ4v) is 5.99. The van der Waals surface area contributed by atoms with E-state index in [0.717, 1.165) is 35.4 Å². The Morgan fingerprint density at radius 1 is 1.09 bits per heavy atom. The first-order valence-electron chi connectivity index (χ1n) is 12.1. The Morgan fingerprint density at radius 3 is 2.44 bits per heavy atom. The molecule has 2 saturated heterocycles. The molecule has 0 unspecified atom stereocenters. The highest BCUT2D eigenvalue weighted by molar-refractivity contribution is 6.12. The number of hydrogen-bond acceptors (Lipinski definition) is 4. The fourth-order valence-electron chi connectivity index (χ4n) is 5.99. The first-order valence-corrected chi connectivity index (χ1v) is 12.1. The molecule has 3 aliphatic heterocycles. The minimum atomic E-state index is -0.772.